The molecule has 0 radical (unpaired) electrons. The third-order valence-corrected chi connectivity index (χ3v) is 4.46. The molecular formula is C20H14F7N3O. The van der Waals surface area contributed by atoms with Crippen LogP contribution in [0.25, 0.3) is 0 Å². The molecule has 1 unspecified atom stereocenters. The fourth-order valence-corrected chi connectivity index (χ4v) is 2.95. The van der Waals surface area contributed by atoms with Gasteiger partial charge in [0.2, 0.25) is 0 Å². The van der Waals surface area contributed by atoms with Gasteiger partial charge in [-0.25, -0.2) is 9.37 Å². The van der Waals surface area contributed by atoms with E-state index in [2.05, 4.69) is 10.3 Å². The third kappa shape index (κ3) is 4.86. The minimum atomic E-state index is -5.11. The Morgan fingerprint density at radius 2 is 1.58 bits per heavy atom. The molecule has 0 spiro atoms. The van der Waals surface area contributed by atoms with Crippen molar-refractivity contribution in [1.29, 1.82) is 0 Å². The van der Waals surface area contributed by atoms with Crippen LogP contribution in [0.2, 0.25) is 0 Å². The summed E-state index contributed by atoms with van der Waals surface area (Å²) in [4.78, 5) is 16.7. The summed E-state index contributed by atoms with van der Waals surface area (Å²) in [6, 6.07) is 4.54. The van der Waals surface area contributed by atoms with Gasteiger partial charge in [-0.05, 0) is 24.3 Å². The summed E-state index contributed by atoms with van der Waals surface area (Å²) in [5.41, 5.74) is -4.20. The Kier molecular flexibility index (Phi) is 5.79. The van der Waals surface area contributed by atoms with Gasteiger partial charge in [0.25, 0.3) is 5.91 Å². The zero-order valence-electron chi connectivity index (χ0n) is 15.7. The van der Waals surface area contributed by atoms with E-state index in [1.165, 1.54) is 42.2 Å². The van der Waals surface area contributed by atoms with Gasteiger partial charge in [-0.1, -0.05) is 18.2 Å². The highest BCUT2D eigenvalue weighted by atomic mass is 19.4. The fraction of sp³-hybridized carbons (Fsp3) is 0.200. The van der Waals surface area contributed by atoms with Crippen LogP contribution in [0.5, 0.6) is 0 Å². The largest absolute Gasteiger partial charge is 0.416 e. The van der Waals surface area contributed by atoms with Gasteiger partial charge in [-0.2, -0.15) is 26.3 Å². The maximum Gasteiger partial charge on any atom is 0.416 e. The summed E-state index contributed by atoms with van der Waals surface area (Å²) in [6.07, 6.45) is -7.38. The van der Waals surface area contributed by atoms with Gasteiger partial charge in [-0.15, -0.1) is 0 Å². The topological polar surface area (TPSA) is 46.9 Å². The lowest BCUT2D eigenvalue weighted by atomic mass is 10.0. The molecule has 0 aliphatic rings. The zero-order chi connectivity index (χ0) is 23.0. The molecule has 1 aromatic heterocycles. The first-order valence-corrected chi connectivity index (χ1v) is 8.70. The average Bonchev–Trinajstić information content (AvgIpc) is 3.10. The molecule has 3 rings (SSSR count). The van der Waals surface area contributed by atoms with E-state index in [-0.39, 0.29) is 17.5 Å². The van der Waals surface area contributed by atoms with Crippen LogP contribution >= 0.6 is 0 Å². The van der Waals surface area contributed by atoms with Gasteiger partial charge < -0.3 is 9.88 Å². The van der Waals surface area contributed by atoms with Crippen LogP contribution in [-0.4, -0.2) is 15.5 Å². The van der Waals surface area contributed by atoms with Gasteiger partial charge in [-0.3, -0.25) is 4.79 Å². The maximum absolute atomic E-state index is 14.4. The SMILES string of the molecule is Cn1ccnc1C(NC(=O)c1cc(C(F)(F)F)cc(C(F)(F)F)c1)c1ccccc1F. The number of carbonyl (C=O) groups is 1. The third-order valence-electron chi connectivity index (χ3n) is 4.46. The standard InChI is InChI=1S/C20H14F7N3O/c1-30-7-6-28-17(30)16(14-4-2-3-5-15(14)21)29-18(31)11-8-12(19(22,23)24)10-13(9-11)20(25,26)27/h2-10,16H,1H3,(H,29,31). The van der Waals surface area contributed by atoms with Crippen molar-refractivity contribution >= 4 is 5.91 Å². The lowest BCUT2D eigenvalue weighted by Crippen LogP contribution is -2.32. The summed E-state index contributed by atoms with van der Waals surface area (Å²) < 4.78 is 94.4. The number of nitrogens with zero attached hydrogens (tertiary/aromatic N) is 2. The predicted octanol–water partition coefficient (Wildman–Crippen LogP) is 5.12. The lowest BCUT2D eigenvalue weighted by molar-refractivity contribution is -0.143. The Labute approximate surface area is 171 Å². The van der Waals surface area contributed by atoms with Crippen LogP contribution < -0.4 is 5.32 Å². The van der Waals surface area contributed by atoms with Crippen LogP contribution in [0.1, 0.15) is 38.9 Å². The second-order valence-electron chi connectivity index (χ2n) is 6.62. The van der Waals surface area contributed by atoms with Crippen LogP contribution in [0, 0.1) is 5.82 Å². The number of imidazole rings is 1. The number of alkyl halides is 6. The molecule has 11 heteroatoms. The summed E-state index contributed by atoms with van der Waals surface area (Å²) >= 11 is 0. The smallest absolute Gasteiger partial charge is 0.338 e. The fourth-order valence-electron chi connectivity index (χ4n) is 2.95. The zero-order valence-corrected chi connectivity index (χ0v) is 15.7. The number of rotatable bonds is 4. The molecule has 0 saturated heterocycles. The molecule has 4 nitrogen and oxygen atoms in total. The highest BCUT2D eigenvalue weighted by Gasteiger charge is 2.38. The molecule has 1 amide bonds. The van der Waals surface area contributed by atoms with E-state index in [1.54, 1.807) is 0 Å². The van der Waals surface area contributed by atoms with E-state index in [0.29, 0.717) is 12.1 Å². The van der Waals surface area contributed by atoms with Crippen molar-refractivity contribution in [3.63, 3.8) is 0 Å². The quantitative estimate of drug-likeness (QED) is 0.567. The van der Waals surface area contributed by atoms with Crippen molar-refractivity contribution in [2.75, 3.05) is 0 Å². The molecule has 0 aliphatic heterocycles. The Morgan fingerprint density at radius 3 is 2.06 bits per heavy atom. The number of aromatic nitrogens is 2. The molecule has 0 aliphatic carbocycles. The molecule has 1 heterocycles. The Balaban J connectivity index is 2.07. The second-order valence-corrected chi connectivity index (χ2v) is 6.62. The van der Waals surface area contributed by atoms with Crippen LogP contribution in [0.15, 0.2) is 54.9 Å². The molecule has 3 aromatic rings. The van der Waals surface area contributed by atoms with Crippen LogP contribution in [-0.2, 0) is 19.4 Å². The molecule has 1 atom stereocenters. The van der Waals surface area contributed by atoms with Crippen molar-refractivity contribution in [3.8, 4) is 0 Å². The summed E-state index contributed by atoms with van der Waals surface area (Å²) in [5, 5.41) is 2.29. The number of aryl methyl sites for hydroxylation is 1. The van der Waals surface area contributed by atoms with E-state index < -0.39 is 46.8 Å². The summed E-state index contributed by atoms with van der Waals surface area (Å²) in [6.45, 7) is 0. The van der Waals surface area contributed by atoms with Gasteiger partial charge in [0.05, 0.1) is 11.1 Å². The van der Waals surface area contributed by atoms with Crippen molar-refractivity contribution in [3.05, 3.63) is 88.8 Å². The van der Waals surface area contributed by atoms with Gasteiger partial charge in [0.1, 0.15) is 17.7 Å². The lowest BCUT2D eigenvalue weighted by Gasteiger charge is -2.20. The van der Waals surface area contributed by atoms with Gasteiger partial charge in [0, 0.05) is 30.6 Å². The Bertz CT molecular complexity index is 1070. The molecule has 31 heavy (non-hydrogen) atoms. The number of amides is 1. The van der Waals surface area contributed by atoms with Gasteiger partial charge >= 0.3 is 12.4 Å². The highest BCUT2D eigenvalue weighted by Crippen LogP contribution is 2.36. The summed E-state index contributed by atoms with van der Waals surface area (Å²) in [7, 11) is 1.54. The number of nitrogens with one attached hydrogen (secondary N) is 1. The second kappa shape index (κ2) is 8.05. The minimum Gasteiger partial charge on any atom is -0.338 e. The highest BCUT2D eigenvalue weighted by molar-refractivity contribution is 5.95. The average molecular weight is 445 g/mol. The predicted molar refractivity (Wildman–Crippen MR) is 95.4 cm³/mol. The van der Waals surface area contributed by atoms with Crippen molar-refractivity contribution in [2.24, 2.45) is 7.05 Å². The van der Waals surface area contributed by atoms with Crippen LogP contribution in [0.4, 0.5) is 30.7 Å². The number of halogens is 7. The first-order chi connectivity index (χ1) is 14.4. The number of benzene rings is 2. The summed E-state index contributed by atoms with van der Waals surface area (Å²) in [5.74, 6) is -1.87. The molecule has 164 valence electrons. The maximum atomic E-state index is 14.4. The molecule has 0 saturated carbocycles. The first kappa shape index (κ1) is 22.3. The van der Waals surface area contributed by atoms with E-state index in [9.17, 15) is 35.5 Å². The van der Waals surface area contributed by atoms with E-state index in [0.717, 1.165) is 6.07 Å². The molecule has 0 fully saturated rings. The van der Waals surface area contributed by atoms with E-state index in [4.69, 9.17) is 0 Å². The van der Waals surface area contributed by atoms with E-state index >= 15 is 0 Å². The van der Waals surface area contributed by atoms with Crippen molar-refractivity contribution in [2.45, 2.75) is 18.4 Å². The number of carbonyl (C=O) groups excluding carboxylic acids is 1. The van der Waals surface area contributed by atoms with Crippen molar-refractivity contribution in [1.82, 2.24) is 14.9 Å². The Hall–Kier alpha value is -3.37. The number of hydrogen-bond acceptors (Lipinski definition) is 2. The molecule has 1 N–H and O–H groups in total. The monoisotopic (exact) mass is 445 g/mol. The van der Waals surface area contributed by atoms with Crippen molar-refractivity contribution < 1.29 is 35.5 Å². The minimum absolute atomic E-state index is 0.0619. The normalized spacial score (nSPS) is 13.2. The molecular weight excluding hydrogens is 431 g/mol. The first-order valence-electron chi connectivity index (χ1n) is 8.70. The van der Waals surface area contributed by atoms with Crippen LogP contribution in [0.3, 0.4) is 0 Å². The molecule has 0 bridgehead atoms. The number of hydrogen-bond donors (Lipinski definition) is 1. The molecule has 2 aromatic carbocycles. The van der Waals surface area contributed by atoms with E-state index in [1.807, 2.05) is 0 Å². The Morgan fingerprint density at radius 1 is 1.00 bits per heavy atom. The van der Waals surface area contributed by atoms with Gasteiger partial charge in [0.15, 0.2) is 0 Å².